The van der Waals surface area contributed by atoms with Crippen LogP contribution in [0, 0.1) is 0 Å². The number of rotatable bonds is 5. The molecule has 0 aliphatic carbocycles. The van der Waals surface area contributed by atoms with Gasteiger partial charge in [0.15, 0.2) is 0 Å². The van der Waals surface area contributed by atoms with Gasteiger partial charge in [-0.25, -0.2) is 9.09 Å². The molecule has 4 atom stereocenters. The summed E-state index contributed by atoms with van der Waals surface area (Å²) in [5.74, 6) is -2.47. The molecule has 9 heteroatoms. The van der Waals surface area contributed by atoms with E-state index in [0.29, 0.717) is 6.26 Å². The van der Waals surface area contributed by atoms with Gasteiger partial charge in [-0.3, -0.25) is 4.89 Å². The molecule has 1 fully saturated rings. The molecule has 0 amide bonds. The fourth-order valence-electron chi connectivity index (χ4n) is 1.27. The third-order valence-corrected chi connectivity index (χ3v) is 2.81. The summed E-state index contributed by atoms with van der Waals surface area (Å²) in [6.45, 7) is 2.48. The minimum atomic E-state index is -4.56. The van der Waals surface area contributed by atoms with Gasteiger partial charge in [-0.05, 0) is 0 Å². The maximum atomic E-state index is 11.1. The van der Waals surface area contributed by atoms with Crippen LogP contribution in [0.3, 0.4) is 0 Å². The smallest absolute Gasteiger partial charge is 0.413 e. The molecule has 1 saturated heterocycles. The van der Waals surface area contributed by atoms with Gasteiger partial charge in [0, 0.05) is 0 Å². The Kier molecular flexibility index (Phi) is 4.08. The SMILES string of the molecule is C=COP(=O)(O)O[C@]1(O)C[C@H](O)[C@@H](CO)O1. The molecule has 0 aromatic heterocycles. The molecular formula is C7H13O8P. The second-order valence-electron chi connectivity index (χ2n) is 3.15. The van der Waals surface area contributed by atoms with Crippen molar-refractivity contribution >= 4 is 7.82 Å². The van der Waals surface area contributed by atoms with E-state index in [2.05, 4.69) is 20.4 Å². The molecule has 0 saturated carbocycles. The largest absolute Gasteiger partial charge is 0.531 e. The van der Waals surface area contributed by atoms with E-state index in [1.165, 1.54) is 0 Å². The summed E-state index contributed by atoms with van der Waals surface area (Å²) in [5, 5.41) is 27.6. The van der Waals surface area contributed by atoms with Gasteiger partial charge < -0.3 is 24.6 Å². The van der Waals surface area contributed by atoms with E-state index in [-0.39, 0.29) is 0 Å². The van der Waals surface area contributed by atoms with Crippen LogP contribution in [0.25, 0.3) is 0 Å². The standard InChI is InChI=1S/C7H13O8P/c1-2-13-16(11,12)15-7(10)3-5(9)6(4-8)14-7/h2,5-6,8-10H,1,3-4H2,(H,11,12)/t5-,6+,7-/m0/s1. The van der Waals surface area contributed by atoms with Gasteiger partial charge in [-0.1, -0.05) is 6.58 Å². The van der Waals surface area contributed by atoms with E-state index in [0.717, 1.165) is 0 Å². The van der Waals surface area contributed by atoms with Gasteiger partial charge in [0.25, 0.3) is 5.97 Å². The normalized spacial score (nSPS) is 38.0. The molecule has 0 aromatic rings. The molecule has 8 nitrogen and oxygen atoms in total. The van der Waals surface area contributed by atoms with Crippen LogP contribution in [0.2, 0.25) is 0 Å². The van der Waals surface area contributed by atoms with Crippen molar-refractivity contribution < 1.29 is 38.6 Å². The molecule has 1 aliphatic heterocycles. The third kappa shape index (κ3) is 3.26. The Balaban J connectivity index is 2.67. The molecule has 0 spiro atoms. The number of aliphatic hydroxyl groups is 3. The van der Waals surface area contributed by atoms with Gasteiger partial charge in [0.1, 0.15) is 6.10 Å². The molecule has 1 aliphatic rings. The monoisotopic (exact) mass is 256 g/mol. The number of hydrogen-bond donors (Lipinski definition) is 4. The van der Waals surface area contributed by atoms with Crippen LogP contribution in [0.4, 0.5) is 0 Å². The fourth-order valence-corrected chi connectivity index (χ4v) is 1.98. The number of ether oxygens (including phenoxy) is 1. The van der Waals surface area contributed by atoms with Gasteiger partial charge in [0.2, 0.25) is 0 Å². The molecule has 16 heavy (non-hydrogen) atoms. The average molecular weight is 256 g/mol. The number of aliphatic hydroxyl groups excluding tert-OH is 2. The van der Waals surface area contributed by atoms with E-state index in [9.17, 15) is 14.8 Å². The van der Waals surface area contributed by atoms with Gasteiger partial charge in [-0.15, -0.1) is 0 Å². The number of phosphoric ester groups is 1. The highest BCUT2D eigenvalue weighted by Gasteiger charge is 2.50. The van der Waals surface area contributed by atoms with Crippen LogP contribution in [0.15, 0.2) is 12.8 Å². The fraction of sp³-hybridized carbons (Fsp3) is 0.714. The van der Waals surface area contributed by atoms with Crippen molar-refractivity contribution in [2.45, 2.75) is 24.6 Å². The van der Waals surface area contributed by atoms with Crippen molar-refractivity contribution in [1.82, 2.24) is 0 Å². The van der Waals surface area contributed by atoms with Gasteiger partial charge >= 0.3 is 7.82 Å². The molecule has 94 valence electrons. The van der Waals surface area contributed by atoms with Crippen molar-refractivity contribution in [2.75, 3.05) is 6.61 Å². The number of hydrogen-bond acceptors (Lipinski definition) is 7. The molecule has 0 aromatic carbocycles. The predicted octanol–water partition coefficient (Wildman–Crippen LogP) is -0.948. The predicted molar refractivity (Wildman–Crippen MR) is 49.7 cm³/mol. The van der Waals surface area contributed by atoms with Crippen LogP contribution in [0.1, 0.15) is 6.42 Å². The molecule has 4 N–H and O–H groups in total. The zero-order valence-corrected chi connectivity index (χ0v) is 9.12. The highest BCUT2D eigenvalue weighted by atomic mass is 31.2. The summed E-state index contributed by atoms with van der Waals surface area (Å²) in [4.78, 5) is 9.04. The van der Waals surface area contributed by atoms with E-state index in [1.807, 2.05) is 0 Å². The highest BCUT2D eigenvalue weighted by Crippen LogP contribution is 2.50. The minimum absolute atomic E-state index is 0.483. The summed E-state index contributed by atoms with van der Waals surface area (Å²) < 4.78 is 24.3. The zero-order chi connectivity index (χ0) is 12.4. The van der Waals surface area contributed by atoms with E-state index in [4.69, 9.17) is 10.00 Å². The number of phosphoric acid groups is 1. The lowest BCUT2D eigenvalue weighted by Gasteiger charge is -2.23. The van der Waals surface area contributed by atoms with Gasteiger partial charge in [0.05, 0.1) is 25.4 Å². The first-order valence-electron chi connectivity index (χ1n) is 4.34. The van der Waals surface area contributed by atoms with Crippen LogP contribution in [0.5, 0.6) is 0 Å². The lowest BCUT2D eigenvalue weighted by molar-refractivity contribution is -0.315. The summed E-state index contributed by atoms with van der Waals surface area (Å²) in [5.41, 5.74) is 0. The summed E-state index contributed by atoms with van der Waals surface area (Å²) in [6, 6.07) is 0. The van der Waals surface area contributed by atoms with E-state index in [1.54, 1.807) is 0 Å². The molecule has 0 bridgehead atoms. The Bertz CT molecular complexity index is 307. The second kappa shape index (κ2) is 4.80. The Hall–Kier alpha value is -0.470. The van der Waals surface area contributed by atoms with Gasteiger partial charge in [-0.2, -0.15) is 0 Å². The highest BCUT2D eigenvalue weighted by molar-refractivity contribution is 7.47. The minimum Gasteiger partial charge on any atom is -0.413 e. The first-order valence-corrected chi connectivity index (χ1v) is 5.83. The van der Waals surface area contributed by atoms with Crippen LogP contribution >= 0.6 is 7.82 Å². The van der Waals surface area contributed by atoms with Crippen LogP contribution < -0.4 is 0 Å². The van der Waals surface area contributed by atoms with Crippen molar-refractivity contribution in [1.29, 1.82) is 0 Å². The third-order valence-electron chi connectivity index (χ3n) is 1.88. The molecule has 1 heterocycles. The molecular weight excluding hydrogens is 243 g/mol. The Morgan fingerprint density at radius 2 is 2.31 bits per heavy atom. The van der Waals surface area contributed by atoms with E-state index < -0.39 is 39.0 Å². The Morgan fingerprint density at radius 1 is 1.69 bits per heavy atom. The molecule has 1 unspecified atom stereocenters. The van der Waals surface area contributed by atoms with E-state index >= 15 is 0 Å². The molecule has 1 rings (SSSR count). The van der Waals surface area contributed by atoms with Crippen molar-refractivity contribution in [3.63, 3.8) is 0 Å². The Morgan fingerprint density at radius 3 is 2.75 bits per heavy atom. The first kappa shape index (κ1) is 13.6. The summed E-state index contributed by atoms with van der Waals surface area (Å²) in [6.07, 6.45) is -2.12. The van der Waals surface area contributed by atoms with Crippen molar-refractivity contribution in [3.05, 3.63) is 12.8 Å². The lowest BCUT2D eigenvalue weighted by Crippen LogP contribution is -2.32. The quantitative estimate of drug-likeness (QED) is 0.282. The maximum absolute atomic E-state index is 11.1. The first-order chi connectivity index (χ1) is 7.32. The summed E-state index contributed by atoms with van der Waals surface area (Å²) in [7, 11) is -4.56. The van der Waals surface area contributed by atoms with Crippen LogP contribution in [-0.2, 0) is 18.3 Å². The topological polar surface area (TPSA) is 126 Å². The van der Waals surface area contributed by atoms with Crippen LogP contribution in [-0.4, -0.2) is 45.0 Å². The average Bonchev–Trinajstić information content (AvgIpc) is 2.39. The summed E-state index contributed by atoms with van der Waals surface area (Å²) >= 11 is 0. The molecule has 0 radical (unpaired) electrons. The second-order valence-corrected chi connectivity index (χ2v) is 4.49. The lowest BCUT2D eigenvalue weighted by atomic mass is 10.2. The maximum Gasteiger partial charge on any atom is 0.531 e. The Labute approximate surface area is 91.3 Å². The van der Waals surface area contributed by atoms with Crippen molar-refractivity contribution in [2.24, 2.45) is 0 Å². The zero-order valence-electron chi connectivity index (χ0n) is 8.22. The van der Waals surface area contributed by atoms with Crippen molar-refractivity contribution in [3.8, 4) is 0 Å².